The first kappa shape index (κ1) is 21.4. The summed E-state index contributed by atoms with van der Waals surface area (Å²) in [7, 11) is 0. The highest BCUT2D eigenvalue weighted by Crippen LogP contribution is 2.28. The van der Waals surface area contributed by atoms with Crippen LogP contribution in [0.2, 0.25) is 0 Å². The van der Waals surface area contributed by atoms with E-state index in [1.807, 2.05) is 56.3 Å². The Kier molecular flexibility index (Phi) is 6.87. The van der Waals surface area contributed by atoms with Gasteiger partial charge in [-0.05, 0) is 44.4 Å². The van der Waals surface area contributed by atoms with Crippen molar-refractivity contribution in [2.24, 2.45) is 0 Å². The Hall–Kier alpha value is -2.86. The molecular weight excluding hydrogens is 404 g/mol. The molecule has 31 heavy (non-hydrogen) atoms. The van der Waals surface area contributed by atoms with Crippen molar-refractivity contribution in [3.05, 3.63) is 71.8 Å². The monoisotopic (exact) mass is 432 g/mol. The number of nitrogens with zero attached hydrogens (tertiary/aromatic N) is 3. The van der Waals surface area contributed by atoms with E-state index in [9.17, 15) is 4.79 Å². The summed E-state index contributed by atoms with van der Waals surface area (Å²) in [6.07, 6.45) is 2.42. The third kappa shape index (κ3) is 5.64. The number of aromatic nitrogens is 2. The Morgan fingerprint density at radius 3 is 2.42 bits per heavy atom. The van der Waals surface area contributed by atoms with Gasteiger partial charge in [0.1, 0.15) is 5.82 Å². The van der Waals surface area contributed by atoms with E-state index in [0.29, 0.717) is 5.56 Å². The summed E-state index contributed by atoms with van der Waals surface area (Å²) < 4.78 is 0. The molecule has 0 radical (unpaired) electrons. The van der Waals surface area contributed by atoms with Gasteiger partial charge >= 0.3 is 0 Å². The van der Waals surface area contributed by atoms with E-state index in [2.05, 4.69) is 28.4 Å². The number of nitrogens with one attached hydrogen (secondary N) is 1. The van der Waals surface area contributed by atoms with Crippen LogP contribution in [0, 0.1) is 0 Å². The fourth-order valence-corrected chi connectivity index (χ4v) is 4.40. The average molecular weight is 433 g/mol. The average Bonchev–Trinajstić information content (AvgIpc) is 3.33. The largest absolute Gasteiger partial charge is 0.356 e. The van der Waals surface area contributed by atoms with Crippen molar-refractivity contribution in [1.29, 1.82) is 0 Å². The molecule has 1 N–H and O–H groups in total. The van der Waals surface area contributed by atoms with Gasteiger partial charge in [0.25, 0.3) is 5.91 Å². The second-order valence-electron chi connectivity index (χ2n) is 8.07. The third-order valence-corrected chi connectivity index (χ3v) is 6.11. The lowest BCUT2D eigenvalue weighted by Crippen LogP contribution is -2.29. The molecule has 0 aliphatic carbocycles. The molecule has 1 aromatic heterocycles. The zero-order valence-corrected chi connectivity index (χ0v) is 18.9. The van der Waals surface area contributed by atoms with E-state index >= 15 is 0 Å². The number of rotatable bonds is 7. The highest BCUT2D eigenvalue weighted by atomic mass is 32.2. The smallest absolute Gasteiger partial charge is 0.251 e. The van der Waals surface area contributed by atoms with Crippen molar-refractivity contribution in [2.75, 3.05) is 18.0 Å². The molecule has 3 aromatic rings. The summed E-state index contributed by atoms with van der Waals surface area (Å²) in [4.78, 5) is 24.2. The number of carbonyl (C=O) groups excluding carboxylic acids is 1. The molecule has 6 heteroatoms. The van der Waals surface area contributed by atoms with Crippen LogP contribution in [0.1, 0.15) is 42.6 Å². The Labute approximate surface area is 188 Å². The van der Waals surface area contributed by atoms with E-state index in [4.69, 9.17) is 9.97 Å². The van der Waals surface area contributed by atoms with Crippen LogP contribution in [0.5, 0.6) is 0 Å². The molecule has 0 atom stereocenters. The first-order valence-corrected chi connectivity index (χ1v) is 11.8. The Bertz CT molecular complexity index is 1020. The molecule has 1 aliphatic rings. The molecule has 0 saturated carbocycles. The van der Waals surface area contributed by atoms with E-state index in [1.54, 1.807) is 11.8 Å². The maximum atomic E-state index is 12.1. The first-order valence-electron chi connectivity index (χ1n) is 10.8. The lowest BCUT2D eigenvalue weighted by molar-refractivity contribution is 0.0943. The molecular formula is C25H28N4OS. The van der Waals surface area contributed by atoms with Crippen molar-refractivity contribution in [3.63, 3.8) is 0 Å². The van der Waals surface area contributed by atoms with Crippen molar-refractivity contribution in [1.82, 2.24) is 15.3 Å². The van der Waals surface area contributed by atoms with Crippen LogP contribution in [0.3, 0.4) is 0 Å². The fourth-order valence-electron chi connectivity index (χ4n) is 3.59. The third-order valence-electron chi connectivity index (χ3n) is 5.20. The van der Waals surface area contributed by atoms with Gasteiger partial charge in [-0.2, -0.15) is 0 Å². The summed E-state index contributed by atoms with van der Waals surface area (Å²) in [6, 6.07) is 20.3. The molecule has 2 aromatic carbocycles. The van der Waals surface area contributed by atoms with Crippen LogP contribution in [-0.2, 0) is 5.75 Å². The van der Waals surface area contributed by atoms with Crippen LogP contribution in [0.4, 0.5) is 5.82 Å². The van der Waals surface area contributed by atoms with Crippen LogP contribution in [-0.4, -0.2) is 35.0 Å². The molecule has 160 valence electrons. The Balaban J connectivity index is 1.51. The van der Waals surface area contributed by atoms with Crippen molar-refractivity contribution >= 4 is 23.5 Å². The van der Waals surface area contributed by atoms with Gasteiger partial charge < -0.3 is 10.2 Å². The number of anilines is 1. The van der Waals surface area contributed by atoms with Gasteiger partial charge in [0.05, 0.1) is 5.69 Å². The van der Waals surface area contributed by atoms with Gasteiger partial charge in [-0.15, -0.1) is 0 Å². The number of hydrogen-bond acceptors (Lipinski definition) is 5. The van der Waals surface area contributed by atoms with Gasteiger partial charge in [-0.25, -0.2) is 9.97 Å². The normalized spacial score (nSPS) is 13.6. The van der Waals surface area contributed by atoms with Crippen molar-refractivity contribution < 1.29 is 4.79 Å². The molecule has 1 fully saturated rings. The number of thioether (sulfide) groups is 1. The Morgan fingerprint density at radius 1 is 1.03 bits per heavy atom. The SMILES string of the molecule is CC(C)NC(=O)c1ccc(CSc2nc(-c3ccccc3)cc(N3CCCC3)n2)cc1. The van der Waals surface area contributed by atoms with Gasteiger partial charge in [0.2, 0.25) is 0 Å². The Morgan fingerprint density at radius 2 is 1.74 bits per heavy atom. The molecule has 4 rings (SSSR count). The number of hydrogen-bond donors (Lipinski definition) is 1. The van der Waals surface area contributed by atoms with E-state index in [0.717, 1.165) is 46.6 Å². The lowest BCUT2D eigenvalue weighted by Gasteiger charge is -2.18. The molecule has 0 bridgehead atoms. The lowest BCUT2D eigenvalue weighted by atomic mass is 10.1. The molecule has 0 unspecified atom stereocenters. The van der Waals surface area contributed by atoms with Crippen molar-refractivity contribution in [2.45, 2.75) is 43.6 Å². The minimum Gasteiger partial charge on any atom is -0.356 e. The predicted octanol–water partition coefficient (Wildman–Crippen LogP) is 5.17. The minimum atomic E-state index is -0.0386. The predicted molar refractivity (Wildman–Crippen MR) is 128 cm³/mol. The van der Waals surface area contributed by atoms with Crippen LogP contribution in [0.15, 0.2) is 65.8 Å². The van der Waals surface area contributed by atoms with Gasteiger partial charge in [-0.3, -0.25) is 4.79 Å². The zero-order valence-electron chi connectivity index (χ0n) is 18.0. The van der Waals surface area contributed by atoms with E-state index in [-0.39, 0.29) is 11.9 Å². The molecule has 1 amide bonds. The highest BCUT2D eigenvalue weighted by molar-refractivity contribution is 7.98. The van der Waals surface area contributed by atoms with Crippen molar-refractivity contribution in [3.8, 4) is 11.3 Å². The highest BCUT2D eigenvalue weighted by Gasteiger charge is 2.17. The second kappa shape index (κ2) is 9.96. The quantitative estimate of drug-likeness (QED) is 0.412. The van der Waals surface area contributed by atoms with Crippen LogP contribution in [0.25, 0.3) is 11.3 Å². The number of amides is 1. The zero-order chi connectivity index (χ0) is 21.6. The molecule has 5 nitrogen and oxygen atoms in total. The number of carbonyl (C=O) groups is 1. The van der Waals surface area contributed by atoms with E-state index < -0.39 is 0 Å². The molecule has 0 spiro atoms. The fraction of sp³-hybridized carbons (Fsp3) is 0.320. The minimum absolute atomic E-state index is 0.0386. The molecule has 2 heterocycles. The molecule has 1 aliphatic heterocycles. The van der Waals surface area contributed by atoms with Gasteiger partial charge in [0, 0.05) is 42.1 Å². The van der Waals surface area contributed by atoms with Gasteiger partial charge in [0.15, 0.2) is 5.16 Å². The summed E-state index contributed by atoms with van der Waals surface area (Å²) in [5.41, 5.74) is 3.89. The molecule has 1 saturated heterocycles. The maximum absolute atomic E-state index is 12.1. The topological polar surface area (TPSA) is 58.1 Å². The number of benzene rings is 2. The van der Waals surface area contributed by atoms with Gasteiger partial charge in [-0.1, -0.05) is 54.2 Å². The summed E-state index contributed by atoms with van der Waals surface area (Å²) in [5.74, 6) is 1.72. The standard InChI is InChI=1S/C25H28N4OS/c1-18(2)26-24(30)21-12-10-19(11-13-21)17-31-25-27-22(20-8-4-3-5-9-20)16-23(28-25)29-14-6-7-15-29/h3-5,8-13,16,18H,6-7,14-15,17H2,1-2H3,(H,26,30). The summed E-state index contributed by atoms with van der Waals surface area (Å²) in [5, 5.41) is 3.70. The summed E-state index contributed by atoms with van der Waals surface area (Å²) >= 11 is 1.63. The van der Waals surface area contributed by atoms with Crippen LogP contribution >= 0.6 is 11.8 Å². The second-order valence-corrected chi connectivity index (χ2v) is 9.01. The maximum Gasteiger partial charge on any atom is 0.251 e. The first-order chi connectivity index (χ1) is 15.1. The van der Waals surface area contributed by atoms with E-state index in [1.165, 1.54) is 12.8 Å². The van der Waals surface area contributed by atoms with Crippen LogP contribution < -0.4 is 10.2 Å². The summed E-state index contributed by atoms with van der Waals surface area (Å²) in [6.45, 7) is 6.02.